The lowest BCUT2D eigenvalue weighted by atomic mass is 9.33. The van der Waals surface area contributed by atoms with Crippen molar-refractivity contribution in [1.29, 1.82) is 0 Å². The number of aliphatic hydroxyl groups is 12. The zero-order valence-electron chi connectivity index (χ0n) is 46.4. The van der Waals surface area contributed by atoms with Crippen molar-refractivity contribution in [1.82, 2.24) is 0 Å². The number of carbonyl (C=O) groups is 3. The van der Waals surface area contributed by atoms with Crippen LogP contribution >= 0.6 is 0 Å². The molecule has 24 heteroatoms. The summed E-state index contributed by atoms with van der Waals surface area (Å²) >= 11 is 0. The van der Waals surface area contributed by atoms with Gasteiger partial charge in [0.1, 0.15) is 79.4 Å². The zero-order valence-corrected chi connectivity index (χ0v) is 46.4. The van der Waals surface area contributed by atoms with Crippen LogP contribution in [0.3, 0.4) is 0 Å². The Bertz CT molecular complexity index is 2290. The van der Waals surface area contributed by atoms with Crippen molar-refractivity contribution < 1.29 is 119 Å². The molecule has 0 aromatic rings. The molecule has 0 aromatic heterocycles. The summed E-state index contributed by atoms with van der Waals surface area (Å²) in [7, 11) is 0. The van der Waals surface area contributed by atoms with Crippen LogP contribution in [0.25, 0.3) is 0 Å². The van der Waals surface area contributed by atoms with E-state index in [0.29, 0.717) is 37.7 Å². The van der Waals surface area contributed by atoms with Crippen LogP contribution in [0.15, 0.2) is 23.3 Å². The van der Waals surface area contributed by atoms with Crippen LogP contribution in [-0.2, 0) is 52.3 Å². The average molecular weight is 1130 g/mol. The second-order valence-electron chi connectivity index (χ2n) is 25.5. The molecule has 450 valence electrons. The monoisotopic (exact) mass is 1130 g/mol. The molecule has 3 aliphatic heterocycles. The van der Waals surface area contributed by atoms with Gasteiger partial charge in [-0.3, -0.25) is 4.79 Å². The van der Waals surface area contributed by atoms with Gasteiger partial charge < -0.3 is 104 Å². The summed E-state index contributed by atoms with van der Waals surface area (Å²) in [5.41, 5.74) is -3.78. The number of aliphatic hydroxyl groups excluding tert-OH is 12. The van der Waals surface area contributed by atoms with Crippen LogP contribution in [0.2, 0.25) is 0 Å². The number of carboxylic acids is 1. The van der Waals surface area contributed by atoms with Gasteiger partial charge in [-0.2, -0.15) is 0 Å². The van der Waals surface area contributed by atoms with Gasteiger partial charge in [-0.05, 0) is 92.8 Å². The van der Waals surface area contributed by atoms with Crippen molar-refractivity contribution in [3.63, 3.8) is 0 Å². The highest BCUT2D eigenvalue weighted by Crippen LogP contribution is 2.76. The van der Waals surface area contributed by atoms with Gasteiger partial charge in [0.2, 0.25) is 0 Å². The van der Waals surface area contributed by atoms with Crippen LogP contribution < -0.4 is 0 Å². The Morgan fingerprint density at radius 3 is 1.76 bits per heavy atom. The Labute approximate surface area is 459 Å². The molecule has 3 saturated heterocycles. The third-order valence-electron chi connectivity index (χ3n) is 21.1. The fourth-order valence-electron chi connectivity index (χ4n) is 16.2. The first kappa shape index (κ1) is 62.2. The minimum atomic E-state index is -2.18. The van der Waals surface area contributed by atoms with E-state index in [2.05, 4.69) is 26.8 Å². The molecular formula is C55H86O24. The van der Waals surface area contributed by atoms with E-state index in [1.807, 2.05) is 20.8 Å². The SMILES string of the molecule is C/C=C(\C)C(=O)O[C@H]1[C@H](OC(C)=O)[C@@]2(CO)C(CC1(C)C)C1=CCC3[C@@]4(C)CC[C@H](OC5OC(C(=O)O)C(OC6OC(CO)C(O)C(O)C6O)C(O)C5OC5OC(CO)C(O)C(O)C5O)[C@](C)(CO)C4CC[C@@]3(C)[C@@]1(C)C[C@H]2O. The molecule has 24 nitrogen and oxygen atoms in total. The van der Waals surface area contributed by atoms with Crippen LogP contribution in [0.5, 0.6) is 0 Å². The Morgan fingerprint density at radius 1 is 0.658 bits per heavy atom. The molecule has 18 unspecified atom stereocenters. The van der Waals surface area contributed by atoms with E-state index in [1.54, 1.807) is 19.9 Å². The molecule has 7 fully saturated rings. The first-order chi connectivity index (χ1) is 36.9. The fraction of sp³-hybridized carbons (Fsp3) is 0.873. The summed E-state index contributed by atoms with van der Waals surface area (Å²) < 4.78 is 48.2. The van der Waals surface area contributed by atoms with E-state index in [-0.39, 0.29) is 24.7 Å². The maximum atomic E-state index is 13.4. The van der Waals surface area contributed by atoms with Gasteiger partial charge in [0.05, 0.1) is 44.1 Å². The minimum absolute atomic E-state index is 0.0849. The van der Waals surface area contributed by atoms with Crippen LogP contribution in [0, 0.1) is 50.2 Å². The summed E-state index contributed by atoms with van der Waals surface area (Å²) in [6.07, 6.45) is -26.5. The second-order valence-corrected chi connectivity index (χ2v) is 25.5. The number of esters is 2. The zero-order chi connectivity index (χ0) is 58.4. The molecule has 27 atom stereocenters. The average Bonchev–Trinajstić information content (AvgIpc) is 3.25. The molecule has 0 spiro atoms. The summed E-state index contributed by atoms with van der Waals surface area (Å²) in [6.45, 7) is 14.1. The van der Waals surface area contributed by atoms with Gasteiger partial charge >= 0.3 is 17.9 Å². The molecule has 4 saturated carbocycles. The van der Waals surface area contributed by atoms with Crippen LogP contribution in [0.1, 0.15) is 107 Å². The van der Waals surface area contributed by atoms with Crippen molar-refractivity contribution in [3.8, 4) is 0 Å². The molecule has 0 bridgehead atoms. The largest absolute Gasteiger partial charge is 0.479 e. The number of hydrogen-bond acceptors (Lipinski definition) is 23. The molecular weight excluding hydrogens is 1040 g/mol. The van der Waals surface area contributed by atoms with Crippen molar-refractivity contribution in [2.24, 2.45) is 50.2 Å². The van der Waals surface area contributed by atoms with E-state index in [1.165, 1.54) is 6.92 Å². The predicted octanol–water partition coefficient (Wildman–Crippen LogP) is -1.32. The number of rotatable bonds is 14. The topological polar surface area (TPSA) is 388 Å². The van der Waals surface area contributed by atoms with E-state index in [0.717, 1.165) is 5.57 Å². The molecule has 8 rings (SSSR count). The molecule has 0 aromatic carbocycles. The number of carbonyl (C=O) groups excluding carboxylic acids is 2. The van der Waals surface area contributed by atoms with E-state index in [4.69, 9.17) is 37.9 Å². The molecule has 0 amide bonds. The first-order valence-corrected chi connectivity index (χ1v) is 27.7. The van der Waals surface area contributed by atoms with Crippen molar-refractivity contribution in [2.45, 2.75) is 224 Å². The maximum absolute atomic E-state index is 13.4. The maximum Gasteiger partial charge on any atom is 0.335 e. The molecule has 8 aliphatic rings. The number of hydrogen-bond donors (Lipinski definition) is 13. The third kappa shape index (κ3) is 9.94. The summed E-state index contributed by atoms with van der Waals surface area (Å²) in [5, 5.41) is 143. The fourth-order valence-corrected chi connectivity index (χ4v) is 16.2. The minimum Gasteiger partial charge on any atom is -0.479 e. The molecule has 5 aliphatic carbocycles. The Hall–Kier alpha value is -2.83. The lowest BCUT2D eigenvalue weighted by Gasteiger charge is -2.72. The number of ether oxygens (including phenoxy) is 8. The van der Waals surface area contributed by atoms with Crippen molar-refractivity contribution >= 4 is 17.9 Å². The third-order valence-corrected chi connectivity index (χ3v) is 21.1. The second kappa shape index (κ2) is 22.6. The Morgan fingerprint density at radius 2 is 1.24 bits per heavy atom. The van der Waals surface area contributed by atoms with Gasteiger partial charge in [0.15, 0.2) is 25.0 Å². The molecule has 3 heterocycles. The van der Waals surface area contributed by atoms with E-state index < -0.39 is 199 Å². The summed E-state index contributed by atoms with van der Waals surface area (Å²) in [6, 6.07) is 0. The van der Waals surface area contributed by atoms with Gasteiger partial charge in [0.25, 0.3) is 0 Å². The van der Waals surface area contributed by atoms with Crippen LogP contribution in [-0.4, -0.2) is 227 Å². The first-order valence-electron chi connectivity index (χ1n) is 27.7. The van der Waals surface area contributed by atoms with Gasteiger partial charge in [-0.25, -0.2) is 9.59 Å². The number of aliphatic carboxylic acids is 1. The number of fused-ring (bicyclic) bond motifs is 7. The molecule has 0 radical (unpaired) electrons. The lowest BCUT2D eigenvalue weighted by molar-refractivity contribution is -0.392. The van der Waals surface area contributed by atoms with Gasteiger partial charge in [0, 0.05) is 23.3 Å². The highest BCUT2D eigenvalue weighted by molar-refractivity contribution is 5.87. The number of carboxylic acid groups (broad SMARTS) is 1. The Kier molecular flexibility index (Phi) is 17.8. The quantitative estimate of drug-likeness (QED) is 0.0415. The summed E-state index contributed by atoms with van der Waals surface area (Å²) in [4.78, 5) is 39.5. The van der Waals surface area contributed by atoms with E-state index >= 15 is 0 Å². The van der Waals surface area contributed by atoms with Crippen molar-refractivity contribution in [2.75, 3.05) is 26.4 Å². The van der Waals surface area contributed by atoms with Gasteiger partial charge in [-0.15, -0.1) is 0 Å². The highest BCUT2D eigenvalue weighted by Gasteiger charge is 2.74. The predicted molar refractivity (Wildman–Crippen MR) is 269 cm³/mol. The van der Waals surface area contributed by atoms with Gasteiger partial charge in [-0.1, -0.05) is 59.3 Å². The number of allylic oxidation sites excluding steroid dienone is 3. The smallest absolute Gasteiger partial charge is 0.335 e. The molecule has 13 N–H and O–H groups in total. The molecule has 79 heavy (non-hydrogen) atoms. The van der Waals surface area contributed by atoms with Crippen LogP contribution in [0.4, 0.5) is 0 Å². The Balaban J connectivity index is 1.12. The summed E-state index contributed by atoms with van der Waals surface area (Å²) in [5.74, 6) is -3.88. The standard InChI is InChI=1S/C55H86O24/c1-10-23(2)46(71)79-43-44(72-24(3)60)55(22-59)26(17-50(43,4)5)25-11-12-30-51(6)15-14-32(52(7,21-58)29(51)13-16-53(30,8)54(25,9)18-31(55)61)75-49-41(77-48-38(67)36(65)34(63)28(20-57)74-48)39(68)40(42(78-49)45(69)70)76-47-37(66)35(64)33(62)27(19-56)73-47/h10-11,26-44,47-49,56-59,61-68H,12-22H2,1-9H3,(H,69,70)/b23-10+/t26?,27?,28?,29?,30?,31-,32+,33?,34?,35?,36?,37?,38?,39?,40?,41?,42?,43+,44+,47?,48?,49?,51+,52-,53-,54+,55+/m1/s1. The normalized spacial score (nSPS) is 50.6. The highest BCUT2D eigenvalue weighted by atomic mass is 16.8. The van der Waals surface area contributed by atoms with Crippen molar-refractivity contribution in [3.05, 3.63) is 23.3 Å². The lowest BCUT2D eigenvalue weighted by Crippen LogP contribution is -2.72. The van der Waals surface area contributed by atoms with E-state index in [9.17, 15) is 80.8 Å².